The van der Waals surface area contributed by atoms with E-state index in [0.29, 0.717) is 12.1 Å². The molecule has 0 aromatic heterocycles. The predicted octanol–water partition coefficient (Wildman–Crippen LogP) is 3.28. The Kier molecular flexibility index (Phi) is 7.52. The van der Waals surface area contributed by atoms with Gasteiger partial charge in [-0.3, -0.25) is 0 Å². The molecule has 1 aliphatic rings. The molecule has 0 spiro atoms. The minimum atomic E-state index is 0.531. The van der Waals surface area contributed by atoms with E-state index in [1.54, 1.807) is 0 Å². The minimum Gasteiger partial charge on any atom is -0.378 e. The van der Waals surface area contributed by atoms with Gasteiger partial charge in [0, 0.05) is 12.6 Å². The molecule has 0 aromatic carbocycles. The highest BCUT2D eigenvalue weighted by Gasteiger charge is 2.15. The van der Waals surface area contributed by atoms with Gasteiger partial charge in [-0.2, -0.15) is 0 Å². The van der Waals surface area contributed by atoms with Crippen LogP contribution in [-0.4, -0.2) is 25.8 Å². The van der Waals surface area contributed by atoms with Gasteiger partial charge in [0.25, 0.3) is 0 Å². The second-order valence-corrected chi connectivity index (χ2v) is 4.77. The van der Waals surface area contributed by atoms with E-state index in [1.807, 2.05) is 6.08 Å². The Morgan fingerprint density at radius 2 is 2.31 bits per heavy atom. The van der Waals surface area contributed by atoms with Crippen molar-refractivity contribution in [2.24, 2.45) is 0 Å². The first-order valence-corrected chi connectivity index (χ1v) is 6.76. The molecule has 0 aromatic rings. The smallest absolute Gasteiger partial charge is 0.0575 e. The van der Waals surface area contributed by atoms with Gasteiger partial charge in [0.05, 0.1) is 6.10 Å². The van der Waals surface area contributed by atoms with E-state index in [1.165, 1.54) is 44.9 Å². The zero-order valence-corrected chi connectivity index (χ0v) is 10.7. The summed E-state index contributed by atoms with van der Waals surface area (Å²) in [6, 6.07) is 0.658. The van der Waals surface area contributed by atoms with Gasteiger partial charge < -0.3 is 10.1 Å². The number of hydrogen-bond acceptors (Lipinski definition) is 2. The summed E-state index contributed by atoms with van der Waals surface area (Å²) >= 11 is 0. The molecule has 1 fully saturated rings. The second kappa shape index (κ2) is 8.77. The van der Waals surface area contributed by atoms with Crippen molar-refractivity contribution in [3.05, 3.63) is 12.7 Å². The van der Waals surface area contributed by atoms with Crippen LogP contribution < -0.4 is 5.32 Å². The molecule has 0 bridgehead atoms. The zero-order valence-electron chi connectivity index (χ0n) is 10.7. The Hall–Kier alpha value is -0.340. The molecule has 1 heterocycles. The molecule has 16 heavy (non-hydrogen) atoms. The fourth-order valence-electron chi connectivity index (χ4n) is 2.36. The van der Waals surface area contributed by atoms with E-state index in [-0.39, 0.29) is 0 Å². The molecule has 0 amide bonds. The van der Waals surface area contributed by atoms with Crippen LogP contribution in [0.5, 0.6) is 0 Å². The van der Waals surface area contributed by atoms with Gasteiger partial charge in [0.1, 0.15) is 0 Å². The van der Waals surface area contributed by atoms with Crippen LogP contribution in [0.3, 0.4) is 0 Å². The van der Waals surface area contributed by atoms with E-state index >= 15 is 0 Å². The van der Waals surface area contributed by atoms with Gasteiger partial charge in [-0.15, -0.1) is 6.58 Å². The Morgan fingerprint density at radius 3 is 2.94 bits per heavy atom. The molecule has 1 saturated heterocycles. The molecule has 94 valence electrons. The van der Waals surface area contributed by atoms with Crippen LogP contribution >= 0.6 is 0 Å². The first kappa shape index (κ1) is 13.7. The number of rotatable bonds is 8. The fourth-order valence-corrected chi connectivity index (χ4v) is 2.36. The lowest BCUT2D eigenvalue weighted by Gasteiger charge is -2.24. The van der Waals surface area contributed by atoms with Crippen LogP contribution in [0.2, 0.25) is 0 Å². The van der Waals surface area contributed by atoms with E-state index in [9.17, 15) is 0 Å². The summed E-state index contributed by atoms with van der Waals surface area (Å²) in [6.07, 6.45) is 12.5. The third-order valence-corrected chi connectivity index (χ3v) is 3.48. The van der Waals surface area contributed by atoms with E-state index in [4.69, 9.17) is 4.74 Å². The highest BCUT2D eigenvalue weighted by molar-refractivity contribution is 4.73. The summed E-state index contributed by atoms with van der Waals surface area (Å²) in [4.78, 5) is 0. The molecular weight excluding hydrogens is 198 g/mol. The molecule has 1 rings (SSSR count). The number of ether oxygens (including phenoxy) is 1. The number of allylic oxidation sites excluding steroid dienone is 1. The second-order valence-electron chi connectivity index (χ2n) is 4.77. The Bertz CT molecular complexity index is 176. The number of nitrogens with one attached hydrogen (secondary N) is 1. The van der Waals surface area contributed by atoms with Gasteiger partial charge in [0.2, 0.25) is 0 Å². The van der Waals surface area contributed by atoms with Crippen molar-refractivity contribution in [2.75, 3.05) is 13.7 Å². The average Bonchev–Trinajstić information content (AvgIpc) is 2.35. The maximum Gasteiger partial charge on any atom is 0.0575 e. The molecule has 1 N–H and O–H groups in total. The minimum absolute atomic E-state index is 0.531. The average molecular weight is 225 g/mol. The lowest BCUT2D eigenvalue weighted by molar-refractivity contribution is 0.00854. The van der Waals surface area contributed by atoms with Gasteiger partial charge in [0.15, 0.2) is 0 Å². The lowest BCUT2D eigenvalue weighted by atomic mass is 9.99. The topological polar surface area (TPSA) is 21.3 Å². The van der Waals surface area contributed by atoms with Gasteiger partial charge in [-0.25, -0.2) is 0 Å². The van der Waals surface area contributed by atoms with E-state index in [0.717, 1.165) is 13.0 Å². The highest BCUT2D eigenvalue weighted by Crippen LogP contribution is 2.19. The van der Waals surface area contributed by atoms with E-state index < -0.39 is 0 Å². The molecule has 2 heteroatoms. The van der Waals surface area contributed by atoms with Crippen LogP contribution in [0.25, 0.3) is 0 Å². The fraction of sp³-hybridized carbons (Fsp3) is 0.857. The normalized spacial score (nSPS) is 22.9. The van der Waals surface area contributed by atoms with E-state index in [2.05, 4.69) is 18.9 Å². The van der Waals surface area contributed by atoms with Gasteiger partial charge in [-0.1, -0.05) is 6.08 Å². The van der Waals surface area contributed by atoms with Crippen LogP contribution in [-0.2, 0) is 4.74 Å². The largest absolute Gasteiger partial charge is 0.378 e. The Balaban J connectivity index is 2.09. The van der Waals surface area contributed by atoms with Crippen LogP contribution in [0.15, 0.2) is 12.7 Å². The lowest BCUT2D eigenvalue weighted by Crippen LogP contribution is -2.28. The summed E-state index contributed by atoms with van der Waals surface area (Å²) in [5, 5.41) is 3.41. The maximum atomic E-state index is 5.75. The molecule has 0 radical (unpaired) electrons. The first-order valence-electron chi connectivity index (χ1n) is 6.76. The molecule has 2 nitrogen and oxygen atoms in total. The summed E-state index contributed by atoms with van der Waals surface area (Å²) < 4.78 is 5.75. The molecule has 0 aliphatic carbocycles. The summed E-state index contributed by atoms with van der Waals surface area (Å²) in [5.41, 5.74) is 0. The molecule has 1 aliphatic heterocycles. The zero-order chi connectivity index (χ0) is 11.6. The van der Waals surface area contributed by atoms with Crippen LogP contribution in [0.1, 0.15) is 51.4 Å². The molecule has 2 atom stereocenters. The molecule has 0 saturated carbocycles. The monoisotopic (exact) mass is 225 g/mol. The standard InChI is InChI=1S/C14H27NO/c1-3-4-5-8-13(15-2)10-11-14-9-6-7-12-16-14/h3,13-15H,1,4-12H2,2H3. The van der Waals surface area contributed by atoms with Gasteiger partial charge in [-0.05, 0) is 58.4 Å². The summed E-state index contributed by atoms with van der Waals surface area (Å²) in [6.45, 7) is 4.74. The van der Waals surface area contributed by atoms with Crippen LogP contribution in [0, 0.1) is 0 Å². The van der Waals surface area contributed by atoms with Crippen molar-refractivity contribution in [1.82, 2.24) is 5.32 Å². The number of hydrogen-bond donors (Lipinski definition) is 1. The van der Waals surface area contributed by atoms with Crippen molar-refractivity contribution in [1.29, 1.82) is 0 Å². The van der Waals surface area contributed by atoms with Crippen molar-refractivity contribution in [3.8, 4) is 0 Å². The SMILES string of the molecule is C=CCCCC(CCC1CCCCO1)NC. The highest BCUT2D eigenvalue weighted by atomic mass is 16.5. The van der Waals surface area contributed by atoms with Crippen LogP contribution in [0.4, 0.5) is 0 Å². The summed E-state index contributed by atoms with van der Waals surface area (Å²) in [5.74, 6) is 0. The maximum absolute atomic E-state index is 5.75. The quantitative estimate of drug-likeness (QED) is 0.505. The van der Waals surface area contributed by atoms with Crippen molar-refractivity contribution < 1.29 is 4.74 Å². The first-order chi connectivity index (χ1) is 7.86. The van der Waals surface area contributed by atoms with Crippen molar-refractivity contribution in [3.63, 3.8) is 0 Å². The molecular formula is C14H27NO. The third-order valence-electron chi connectivity index (χ3n) is 3.48. The van der Waals surface area contributed by atoms with Crippen molar-refractivity contribution in [2.45, 2.75) is 63.5 Å². The third kappa shape index (κ3) is 5.66. The Labute approximate surface area is 100 Å². The summed E-state index contributed by atoms with van der Waals surface area (Å²) in [7, 11) is 2.07. The van der Waals surface area contributed by atoms with Crippen molar-refractivity contribution >= 4 is 0 Å². The Morgan fingerprint density at radius 1 is 1.44 bits per heavy atom. The van der Waals surface area contributed by atoms with Gasteiger partial charge >= 0.3 is 0 Å². The number of unbranched alkanes of at least 4 members (excludes halogenated alkanes) is 1. The molecule has 2 unspecified atom stereocenters. The predicted molar refractivity (Wildman–Crippen MR) is 69.7 cm³/mol.